The van der Waals surface area contributed by atoms with Crippen LogP contribution in [0, 0.1) is 10.1 Å². The van der Waals surface area contributed by atoms with E-state index in [9.17, 15) is 19.7 Å². The third-order valence-corrected chi connectivity index (χ3v) is 5.62. The fourth-order valence-corrected chi connectivity index (χ4v) is 3.94. The molecule has 0 radical (unpaired) electrons. The molecule has 10 heteroatoms. The Morgan fingerprint density at radius 3 is 2.61 bits per heavy atom. The molecule has 2 aromatic rings. The number of rotatable bonds is 10. The molecule has 0 fully saturated rings. The molecule has 0 atom stereocenters. The zero-order chi connectivity index (χ0) is 20.5. The maximum Gasteiger partial charge on any atom is 0.341 e. The smallest absolute Gasteiger partial charge is 0.341 e. The fraction of sp³-hybridized carbons (Fsp3) is 0.333. The summed E-state index contributed by atoms with van der Waals surface area (Å²) in [5, 5.41) is 13.5. The van der Waals surface area contributed by atoms with E-state index >= 15 is 0 Å². The number of benzene rings is 1. The van der Waals surface area contributed by atoms with Crippen LogP contribution in [0.1, 0.15) is 30.1 Å². The molecule has 1 amide bonds. The first-order valence-corrected chi connectivity index (χ1v) is 10.3. The highest BCUT2D eigenvalue weighted by Crippen LogP contribution is 2.34. The summed E-state index contributed by atoms with van der Waals surface area (Å²) in [5.74, 6) is 0.510. The third kappa shape index (κ3) is 6.24. The van der Waals surface area contributed by atoms with Gasteiger partial charge in [-0.3, -0.25) is 14.9 Å². The van der Waals surface area contributed by atoms with Gasteiger partial charge in [0.05, 0.1) is 18.6 Å². The molecule has 0 unspecified atom stereocenters. The van der Waals surface area contributed by atoms with E-state index in [1.54, 1.807) is 25.8 Å². The summed E-state index contributed by atoms with van der Waals surface area (Å²) in [5.41, 5.74) is -0.000456. The van der Waals surface area contributed by atoms with Crippen LogP contribution in [0.3, 0.4) is 0 Å². The van der Waals surface area contributed by atoms with E-state index in [-0.39, 0.29) is 34.5 Å². The lowest BCUT2D eigenvalue weighted by molar-refractivity contribution is -0.380. The summed E-state index contributed by atoms with van der Waals surface area (Å²) in [6.07, 6.45) is 0.849. The van der Waals surface area contributed by atoms with Gasteiger partial charge in [-0.15, -0.1) is 11.8 Å². The van der Waals surface area contributed by atoms with Crippen LogP contribution in [0.15, 0.2) is 35.2 Å². The van der Waals surface area contributed by atoms with E-state index in [2.05, 4.69) is 5.32 Å². The molecule has 0 aliphatic rings. The largest absolute Gasteiger partial charge is 0.497 e. The number of anilines is 1. The molecule has 1 aromatic heterocycles. The molecular formula is C18H20N2O6S2. The van der Waals surface area contributed by atoms with Crippen molar-refractivity contribution in [2.45, 2.75) is 24.7 Å². The van der Waals surface area contributed by atoms with E-state index in [4.69, 9.17) is 9.47 Å². The van der Waals surface area contributed by atoms with Gasteiger partial charge in [0.25, 0.3) is 0 Å². The van der Waals surface area contributed by atoms with E-state index in [0.717, 1.165) is 33.8 Å². The summed E-state index contributed by atoms with van der Waals surface area (Å²) < 4.78 is 9.99. The van der Waals surface area contributed by atoms with E-state index in [1.807, 2.05) is 24.3 Å². The van der Waals surface area contributed by atoms with Gasteiger partial charge in [0.2, 0.25) is 5.91 Å². The Hall–Kier alpha value is -2.59. The zero-order valence-corrected chi connectivity index (χ0v) is 17.1. The second-order valence-electron chi connectivity index (χ2n) is 5.48. The quantitative estimate of drug-likeness (QED) is 0.199. The van der Waals surface area contributed by atoms with Crippen molar-refractivity contribution < 1.29 is 24.0 Å². The Morgan fingerprint density at radius 2 is 2.00 bits per heavy atom. The predicted molar refractivity (Wildman–Crippen MR) is 109 cm³/mol. The first-order chi connectivity index (χ1) is 13.4. The molecular weight excluding hydrogens is 404 g/mol. The number of amides is 1. The second-order valence-corrected chi connectivity index (χ2v) is 7.68. The Balaban J connectivity index is 1.87. The number of hydrogen-bond acceptors (Lipinski definition) is 8. The van der Waals surface area contributed by atoms with Crippen molar-refractivity contribution in [2.24, 2.45) is 0 Å². The number of methoxy groups -OCH3 is 1. The van der Waals surface area contributed by atoms with Crippen LogP contribution in [-0.2, 0) is 9.53 Å². The number of thiophene rings is 1. The van der Waals surface area contributed by atoms with Gasteiger partial charge < -0.3 is 14.8 Å². The fourth-order valence-electron chi connectivity index (χ4n) is 2.21. The summed E-state index contributed by atoms with van der Waals surface area (Å²) in [7, 11) is 1.61. The van der Waals surface area contributed by atoms with Crippen LogP contribution in [0.25, 0.3) is 0 Å². The van der Waals surface area contributed by atoms with Gasteiger partial charge >= 0.3 is 11.0 Å². The van der Waals surface area contributed by atoms with Gasteiger partial charge in [0, 0.05) is 17.4 Å². The van der Waals surface area contributed by atoms with Crippen LogP contribution in [0.5, 0.6) is 5.75 Å². The lowest BCUT2D eigenvalue weighted by Crippen LogP contribution is -2.14. The standard InChI is InChI=1S/C18H20N2O6S2/c1-3-26-18(22)14-11-16(20(23)24)28-17(14)19-15(21)5-4-10-27-13-8-6-12(25-2)7-9-13/h6-9,11H,3-5,10H2,1-2H3,(H,19,21). The maximum absolute atomic E-state index is 12.2. The van der Waals surface area contributed by atoms with E-state index in [1.165, 1.54) is 0 Å². The van der Waals surface area contributed by atoms with Crippen molar-refractivity contribution in [2.75, 3.05) is 24.8 Å². The predicted octanol–water partition coefficient (Wildman–Crippen LogP) is 4.35. The zero-order valence-electron chi connectivity index (χ0n) is 15.4. The lowest BCUT2D eigenvalue weighted by atomic mass is 10.3. The first kappa shape index (κ1) is 21.7. The average molecular weight is 425 g/mol. The maximum atomic E-state index is 12.2. The molecule has 0 bridgehead atoms. The number of thioether (sulfide) groups is 1. The number of esters is 1. The molecule has 0 aliphatic heterocycles. The molecule has 0 aliphatic carbocycles. The van der Waals surface area contributed by atoms with Crippen LogP contribution < -0.4 is 10.1 Å². The summed E-state index contributed by atoms with van der Waals surface area (Å²) in [6.45, 7) is 1.77. The molecule has 0 saturated heterocycles. The second kappa shape index (κ2) is 10.7. The average Bonchev–Trinajstić information content (AvgIpc) is 3.10. The van der Waals surface area contributed by atoms with Crippen molar-refractivity contribution in [1.82, 2.24) is 0 Å². The number of nitrogens with zero attached hydrogens (tertiary/aromatic N) is 1. The number of hydrogen-bond donors (Lipinski definition) is 1. The molecule has 1 heterocycles. The van der Waals surface area contributed by atoms with Crippen LogP contribution in [-0.4, -0.2) is 36.3 Å². The van der Waals surface area contributed by atoms with Gasteiger partial charge in [-0.25, -0.2) is 4.79 Å². The van der Waals surface area contributed by atoms with Crippen molar-refractivity contribution in [3.8, 4) is 5.75 Å². The van der Waals surface area contributed by atoms with Crippen molar-refractivity contribution in [3.05, 3.63) is 46.0 Å². The van der Waals surface area contributed by atoms with E-state index < -0.39 is 10.9 Å². The third-order valence-electron chi connectivity index (χ3n) is 3.52. The molecule has 2 rings (SSSR count). The molecule has 1 N–H and O–H groups in total. The molecule has 28 heavy (non-hydrogen) atoms. The Bertz CT molecular complexity index is 835. The Morgan fingerprint density at radius 1 is 1.29 bits per heavy atom. The highest BCUT2D eigenvalue weighted by Gasteiger charge is 2.23. The number of nitrogens with one attached hydrogen (secondary N) is 1. The summed E-state index contributed by atoms with van der Waals surface area (Å²) >= 11 is 2.35. The number of carbonyl (C=O) groups excluding carboxylic acids is 2. The Kier molecular flexibility index (Phi) is 8.27. The van der Waals surface area contributed by atoms with Crippen molar-refractivity contribution in [3.63, 3.8) is 0 Å². The molecule has 150 valence electrons. The van der Waals surface area contributed by atoms with Gasteiger partial charge in [-0.1, -0.05) is 0 Å². The van der Waals surface area contributed by atoms with Crippen LogP contribution >= 0.6 is 23.1 Å². The van der Waals surface area contributed by atoms with Gasteiger partial charge in [-0.05, 0) is 54.7 Å². The monoisotopic (exact) mass is 424 g/mol. The van der Waals surface area contributed by atoms with Gasteiger partial charge in [0.1, 0.15) is 16.3 Å². The molecule has 0 spiro atoms. The minimum atomic E-state index is -0.697. The van der Waals surface area contributed by atoms with E-state index in [0.29, 0.717) is 6.42 Å². The SMILES string of the molecule is CCOC(=O)c1cc([N+](=O)[O-])sc1NC(=O)CCCSc1ccc(OC)cc1. The number of nitro groups is 1. The lowest BCUT2D eigenvalue weighted by Gasteiger charge is -2.06. The highest BCUT2D eigenvalue weighted by atomic mass is 32.2. The minimum absolute atomic E-state index is 0.000456. The van der Waals surface area contributed by atoms with Gasteiger partial charge in [0.15, 0.2) is 0 Å². The van der Waals surface area contributed by atoms with Crippen LogP contribution in [0.4, 0.5) is 10.0 Å². The molecule has 8 nitrogen and oxygen atoms in total. The highest BCUT2D eigenvalue weighted by molar-refractivity contribution is 7.99. The number of carbonyl (C=O) groups is 2. The molecule has 0 saturated carbocycles. The van der Waals surface area contributed by atoms with Gasteiger partial charge in [-0.2, -0.15) is 0 Å². The summed E-state index contributed by atoms with van der Waals surface area (Å²) in [6, 6.07) is 8.75. The van der Waals surface area contributed by atoms with Crippen molar-refractivity contribution in [1.29, 1.82) is 0 Å². The first-order valence-electron chi connectivity index (χ1n) is 8.46. The normalized spacial score (nSPS) is 10.4. The topological polar surface area (TPSA) is 108 Å². The van der Waals surface area contributed by atoms with Crippen molar-refractivity contribution >= 4 is 45.0 Å². The number of ether oxygens (including phenoxy) is 2. The van der Waals surface area contributed by atoms with Crippen LogP contribution in [0.2, 0.25) is 0 Å². The molecule has 1 aromatic carbocycles. The summed E-state index contributed by atoms with van der Waals surface area (Å²) in [4.78, 5) is 35.5. The Labute approximate surface area is 170 Å². The minimum Gasteiger partial charge on any atom is -0.497 e.